The molecule has 0 aliphatic carbocycles. The highest BCUT2D eigenvalue weighted by molar-refractivity contribution is 5.94. The van der Waals surface area contributed by atoms with E-state index >= 15 is 0 Å². The summed E-state index contributed by atoms with van der Waals surface area (Å²) in [7, 11) is 3.63. The van der Waals surface area contributed by atoms with E-state index in [-0.39, 0.29) is 12.1 Å². The number of rotatable bonds is 6. The predicted octanol–water partition coefficient (Wildman–Crippen LogP) is 5.06. The standard InChI is InChI=1S/C24H26N4O/c1-16(18-8-7-9-20(12-18)29-4)26-17(2)24-13-22(19-14-25-28(3)15-19)21-10-5-6-11-23(21)27-24/h5-17,26H,1-4H3/t16-,17?/m1/s1. The lowest BCUT2D eigenvalue weighted by molar-refractivity contribution is 0.412. The third-order valence-corrected chi connectivity index (χ3v) is 5.29. The number of pyridine rings is 1. The van der Waals surface area contributed by atoms with Gasteiger partial charge in [0, 0.05) is 36.3 Å². The number of hydrogen-bond acceptors (Lipinski definition) is 4. The van der Waals surface area contributed by atoms with Crippen LogP contribution in [-0.4, -0.2) is 21.9 Å². The van der Waals surface area contributed by atoms with Crippen LogP contribution in [0, 0.1) is 0 Å². The first-order valence-electron chi connectivity index (χ1n) is 9.84. The predicted molar refractivity (Wildman–Crippen MR) is 117 cm³/mol. The zero-order valence-electron chi connectivity index (χ0n) is 17.3. The lowest BCUT2D eigenvalue weighted by Gasteiger charge is -2.21. The Balaban J connectivity index is 1.68. The van der Waals surface area contributed by atoms with Crippen molar-refractivity contribution in [1.29, 1.82) is 0 Å². The molecule has 0 fully saturated rings. The Morgan fingerprint density at radius 3 is 2.59 bits per heavy atom. The van der Waals surface area contributed by atoms with Crippen molar-refractivity contribution in [3.05, 3.63) is 78.2 Å². The second-order valence-corrected chi connectivity index (χ2v) is 7.40. The number of methoxy groups -OCH3 is 1. The number of para-hydroxylation sites is 1. The minimum Gasteiger partial charge on any atom is -0.497 e. The maximum atomic E-state index is 5.36. The molecule has 0 saturated carbocycles. The summed E-state index contributed by atoms with van der Waals surface area (Å²) >= 11 is 0. The Morgan fingerprint density at radius 2 is 1.83 bits per heavy atom. The van der Waals surface area contributed by atoms with Crippen molar-refractivity contribution in [2.24, 2.45) is 7.05 Å². The fourth-order valence-electron chi connectivity index (χ4n) is 3.68. The highest BCUT2D eigenvalue weighted by Gasteiger charge is 2.16. The third kappa shape index (κ3) is 4.00. The molecule has 2 aromatic heterocycles. The van der Waals surface area contributed by atoms with Crippen LogP contribution in [0.15, 0.2) is 67.0 Å². The molecule has 0 aliphatic rings. The molecule has 148 valence electrons. The number of ether oxygens (including phenoxy) is 1. The summed E-state index contributed by atoms with van der Waals surface area (Å²) in [5.41, 5.74) is 5.44. The van der Waals surface area contributed by atoms with E-state index < -0.39 is 0 Å². The lowest BCUT2D eigenvalue weighted by atomic mass is 10.0. The highest BCUT2D eigenvalue weighted by Crippen LogP contribution is 2.31. The van der Waals surface area contributed by atoms with Crippen LogP contribution in [0.25, 0.3) is 22.0 Å². The topological polar surface area (TPSA) is 52.0 Å². The first-order valence-corrected chi connectivity index (χ1v) is 9.84. The first kappa shape index (κ1) is 19.2. The smallest absolute Gasteiger partial charge is 0.119 e. The summed E-state index contributed by atoms with van der Waals surface area (Å²) in [4.78, 5) is 4.93. The van der Waals surface area contributed by atoms with Crippen molar-refractivity contribution < 1.29 is 4.74 Å². The molecule has 2 heterocycles. The van der Waals surface area contributed by atoms with Gasteiger partial charge < -0.3 is 10.1 Å². The maximum Gasteiger partial charge on any atom is 0.119 e. The second kappa shape index (κ2) is 8.05. The number of aromatic nitrogens is 3. The summed E-state index contributed by atoms with van der Waals surface area (Å²) in [5, 5.41) is 9.16. The first-order chi connectivity index (χ1) is 14.0. The Labute approximate surface area is 171 Å². The van der Waals surface area contributed by atoms with Crippen molar-refractivity contribution in [3.8, 4) is 16.9 Å². The normalized spacial score (nSPS) is 13.4. The van der Waals surface area contributed by atoms with E-state index in [4.69, 9.17) is 9.72 Å². The SMILES string of the molecule is COc1cccc([C@@H](C)NC(C)c2cc(-c3cnn(C)c3)c3ccccc3n2)c1. The number of nitrogens with zero attached hydrogens (tertiary/aromatic N) is 3. The molecule has 0 aliphatic heterocycles. The Kier molecular flexibility index (Phi) is 5.32. The summed E-state index contributed by atoms with van der Waals surface area (Å²) in [6, 6.07) is 18.8. The average molecular weight is 386 g/mol. The molecule has 2 aromatic carbocycles. The monoisotopic (exact) mass is 386 g/mol. The van der Waals surface area contributed by atoms with Crippen molar-refractivity contribution in [2.45, 2.75) is 25.9 Å². The number of benzene rings is 2. The fraction of sp³-hybridized carbons (Fsp3) is 0.250. The minimum atomic E-state index is 0.0798. The molecule has 4 aromatic rings. The molecular formula is C24H26N4O. The molecule has 0 radical (unpaired) electrons. The molecule has 1 unspecified atom stereocenters. The zero-order valence-corrected chi connectivity index (χ0v) is 17.3. The molecule has 4 rings (SSSR count). The Hall–Kier alpha value is -3.18. The molecule has 0 amide bonds. The molecule has 5 heteroatoms. The van der Waals surface area contributed by atoms with Gasteiger partial charge >= 0.3 is 0 Å². The van der Waals surface area contributed by atoms with Crippen molar-refractivity contribution in [1.82, 2.24) is 20.1 Å². The van der Waals surface area contributed by atoms with Gasteiger partial charge in [-0.1, -0.05) is 30.3 Å². The molecule has 2 atom stereocenters. The van der Waals surface area contributed by atoms with Crippen LogP contribution in [0.2, 0.25) is 0 Å². The lowest BCUT2D eigenvalue weighted by Crippen LogP contribution is -2.23. The van der Waals surface area contributed by atoms with E-state index in [1.54, 1.807) is 7.11 Å². The van der Waals surface area contributed by atoms with E-state index in [1.807, 2.05) is 42.3 Å². The summed E-state index contributed by atoms with van der Waals surface area (Å²) in [6.07, 6.45) is 3.95. The third-order valence-electron chi connectivity index (χ3n) is 5.29. The van der Waals surface area contributed by atoms with Crippen LogP contribution in [0.4, 0.5) is 0 Å². The molecule has 29 heavy (non-hydrogen) atoms. The molecule has 0 spiro atoms. The van der Waals surface area contributed by atoms with Crippen LogP contribution in [0.3, 0.4) is 0 Å². The van der Waals surface area contributed by atoms with Gasteiger partial charge in [-0.3, -0.25) is 9.67 Å². The minimum absolute atomic E-state index is 0.0798. The van der Waals surface area contributed by atoms with E-state index in [9.17, 15) is 0 Å². The van der Waals surface area contributed by atoms with Gasteiger partial charge in [0.1, 0.15) is 5.75 Å². The van der Waals surface area contributed by atoms with Gasteiger partial charge in [0.15, 0.2) is 0 Å². The average Bonchev–Trinajstić information content (AvgIpc) is 3.19. The van der Waals surface area contributed by atoms with Gasteiger partial charge in [0.2, 0.25) is 0 Å². The quantitative estimate of drug-likeness (QED) is 0.503. The number of aryl methyl sites for hydroxylation is 1. The van der Waals surface area contributed by atoms with Crippen LogP contribution in [0.1, 0.15) is 37.2 Å². The second-order valence-electron chi connectivity index (χ2n) is 7.40. The zero-order chi connectivity index (χ0) is 20.4. The summed E-state index contributed by atoms with van der Waals surface area (Å²) < 4.78 is 7.19. The number of fused-ring (bicyclic) bond motifs is 1. The molecular weight excluding hydrogens is 360 g/mol. The Bertz CT molecular complexity index is 1130. The summed E-state index contributed by atoms with van der Waals surface area (Å²) in [5.74, 6) is 0.867. The van der Waals surface area contributed by atoms with E-state index in [1.165, 1.54) is 5.56 Å². The number of nitrogens with one attached hydrogen (secondary N) is 1. The number of hydrogen-bond donors (Lipinski definition) is 1. The van der Waals surface area contributed by atoms with E-state index in [2.05, 4.69) is 60.7 Å². The van der Waals surface area contributed by atoms with E-state index in [0.717, 1.165) is 33.5 Å². The maximum absolute atomic E-state index is 5.36. The Morgan fingerprint density at radius 1 is 1.00 bits per heavy atom. The summed E-state index contributed by atoms with van der Waals surface area (Å²) in [6.45, 7) is 4.31. The van der Waals surface area contributed by atoms with Crippen molar-refractivity contribution >= 4 is 10.9 Å². The van der Waals surface area contributed by atoms with Gasteiger partial charge in [-0.2, -0.15) is 5.10 Å². The van der Waals surface area contributed by atoms with E-state index in [0.29, 0.717) is 0 Å². The van der Waals surface area contributed by atoms with Gasteiger partial charge in [0.25, 0.3) is 0 Å². The molecule has 0 saturated heterocycles. The van der Waals surface area contributed by atoms with Crippen LogP contribution in [0.5, 0.6) is 5.75 Å². The van der Waals surface area contributed by atoms with Crippen LogP contribution >= 0.6 is 0 Å². The van der Waals surface area contributed by atoms with Gasteiger partial charge in [-0.25, -0.2) is 0 Å². The molecule has 0 bridgehead atoms. The van der Waals surface area contributed by atoms with Crippen LogP contribution < -0.4 is 10.1 Å². The van der Waals surface area contributed by atoms with Gasteiger partial charge in [0.05, 0.1) is 24.5 Å². The van der Waals surface area contributed by atoms with Crippen LogP contribution in [-0.2, 0) is 7.05 Å². The van der Waals surface area contributed by atoms with Gasteiger partial charge in [-0.15, -0.1) is 0 Å². The van der Waals surface area contributed by atoms with Gasteiger partial charge in [-0.05, 0) is 49.2 Å². The molecule has 1 N–H and O–H groups in total. The molecule has 5 nitrogen and oxygen atoms in total. The fourth-order valence-corrected chi connectivity index (χ4v) is 3.68. The van der Waals surface area contributed by atoms with Crippen molar-refractivity contribution in [3.63, 3.8) is 0 Å². The largest absolute Gasteiger partial charge is 0.497 e. The van der Waals surface area contributed by atoms with Crippen molar-refractivity contribution in [2.75, 3.05) is 7.11 Å². The highest BCUT2D eigenvalue weighted by atomic mass is 16.5.